The molecule has 0 saturated carbocycles. The largest absolute Gasteiger partial charge is 0.420 e. The molecule has 0 aromatic heterocycles. The molecule has 6 nitrogen and oxygen atoms in total. The molecule has 1 fully saturated rings. The van der Waals surface area contributed by atoms with Crippen LogP contribution in [-0.2, 0) is 29.1 Å². The Morgan fingerprint density at radius 3 is 1.76 bits per heavy atom. The summed E-state index contributed by atoms with van der Waals surface area (Å²) in [7, 11) is 0. The normalized spacial score (nSPS) is 17.7. The fraction of sp³-hybridized carbons (Fsp3) is 0.929. The molecule has 1 atom stereocenters. The van der Waals surface area contributed by atoms with E-state index in [1.54, 1.807) is 0 Å². The molecule has 0 amide bonds. The van der Waals surface area contributed by atoms with Gasteiger partial charge in [0, 0.05) is 6.42 Å². The average Bonchev–Trinajstić information content (AvgIpc) is 3.47. The number of hydrogen-bond donors (Lipinski definition) is 0. The summed E-state index contributed by atoms with van der Waals surface area (Å²) in [5.41, 5.74) is -0.315. The summed E-state index contributed by atoms with van der Waals surface area (Å²) >= 11 is 0. The zero-order chi connectivity index (χ0) is 26.3. The molecule has 1 heterocycles. The first-order chi connectivity index (χ1) is 15.4. The summed E-state index contributed by atoms with van der Waals surface area (Å²) in [5, 5.41) is 0. The van der Waals surface area contributed by atoms with Gasteiger partial charge in [-0.15, -0.1) is 0 Å². The Kier molecular flexibility index (Phi) is 11.1. The van der Waals surface area contributed by atoms with E-state index in [1.165, 1.54) is 0 Å². The van der Waals surface area contributed by atoms with Crippen LogP contribution in [0.3, 0.4) is 0 Å². The summed E-state index contributed by atoms with van der Waals surface area (Å²) < 4.78 is 0. The highest BCUT2D eigenvalue weighted by atomic mass is 17.4. The van der Waals surface area contributed by atoms with Gasteiger partial charge in [0.2, 0.25) is 0 Å². The third-order valence-corrected chi connectivity index (χ3v) is 6.72. The molecular weight excluding hydrogens is 432 g/mol. The lowest BCUT2D eigenvalue weighted by Crippen LogP contribution is -2.37. The van der Waals surface area contributed by atoms with Gasteiger partial charge in [-0.2, -0.15) is 9.78 Å². The Balaban J connectivity index is 2.71. The zero-order valence-corrected chi connectivity index (χ0v) is 23.7. The molecule has 200 valence electrons. The van der Waals surface area contributed by atoms with Crippen molar-refractivity contribution >= 4 is 11.9 Å². The first-order valence-corrected chi connectivity index (χ1v) is 13.2. The van der Waals surface area contributed by atoms with E-state index in [0.717, 1.165) is 51.4 Å². The molecule has 0 bridgehead atoms. The van der Waals surface area contributed by atoms with E-state index in [2.05, 4.69) is 62.3 Å². The zero-order valence-electron chi connectivity index (χ0n) is 23.7. The number of carbonyl (C=O) groups excluding carboxylic acids is 2. The summed E-state index contributed by atoms with van der Waals surface area (Å²) in [4.78, 5) is 45.8. The predicted octanol–water partition coefficient (Wildman–Crippen LogP) is 8.08. The maximum atomic E-state index is 13.2. The van der Waals surface area contributed by atoms with Crippen LogP contribution in [0.4, 0.5) is 0 Å². The van der Waals surface area contributed by atoms with E-state index < -0.39 is 23.1 Å². The van der Waals surface area contributed by atoms with E-state index in [-0.39, 0.29) is 16.2 Å². The van der Waals surface area contributed by atoms with Crippen molar-refractivity contribution < 1.29 is 29.1 Å². The van der Waals surface area contributed by atoms with Crippen LogP contribution in [0.5, 0.6) is 0 Å². The minimum absolute atomic E-state index is 0.0474. The lowest BCUT2D eigenvalue weighted by Gasteiger charge is -2.36. The quantitative estimate of drug-likeness (QED) is 0.107. The minimum Gasteiger partial charge on any atom is -0.247 e. The van der Waals surface area contributed by atoms with Gasteiger partial charge in [0.05, 0.1) is 5.41 Å². The highest BCUT2D eigenvalue weighted by Crippen LogP contribution is 2.43. The summed E-state index contributed by atoms with van der Waals surface area (Å²) in [6.45, 7) is 21.7. The molecule has 0 aliphatic carbocycles. The highest BCUT2D eigenvalue weighted by molar-refractivity contribution is 5.81. The van der Waals surface area contributed by atoms with Gasteiger partial charge in [-0.1, -0.05) is 88.0 Å². The number of hydrogen-bond acceptors (Lipinski definition) is 6. The predicted molar refractivity (Wildman–Crippen MR) is 134 cm³/mol. The van der Waals surface area contributed by atoms with Crippen LogP contribution < -0.4 is 0 Å². The van der Waals surface area contributed by atoms with Crippen LogP contribution in [-0.4, -0.2) is 17.7 Å². The Bertz CT molecular complexity index is 651. The molecule has 0 N–H and O–H groups in total. The molecule has 34 heavy (non-hydrogen) atoms. The number of carbonyl (C=O) groups is 2. The number of rotatable bonds is 14. The summed E-state index contributed by atoms with van der Waals surface area (Å²) in [5.74, 6) is -2.72. The van der Waals surface area contributed by atoms with Gasteiger partial charge >= 0.3 is 17.7 Å². The van der Waals surface area contributed by atoms with Crippen molar-refractivity contribution in [1.29, 1.82) is 0 Å². The monoisotopic (exact) mass is 484 g/mol. The number of unbranched alkanes of at least 4 members (excludes halogenated alkanes) is 3. The van der Waals surface area contributed by atoms with E-state index in [1.807, 2.05) is 6.92 Å². The second-order valence-corrected chi connectivity index (χ2v) is 13.8. The second-order valence-electron chi connectivity index (χ2n) is 13.8. The van der Waals surface area contributed by atoms with Gasteiger partial charge in [0.1, 0.15) is 0 Å². The smallest absolute Gasteiger partial charge is 0.247 e. The van der Waals surface area contributed by atoms with Crippen molar-refractivity contribution in [3.05, 3.63) is 0 Å². The second kappa shape index (κ2) is 12.2. The van der Waals surface area contributed by atoms with E-state index in [0.29, 0.717) is 19.3 Å². The van der Waals surface area contributed by atoms with Crippen LogP contribution in [0.15, 0.2) is 0 Å². The Labute approximate surface area is 208 Å². The van der Waals surface area contributed by atoms with Crippen molar-refractivity contribution in [1.82, 2.24) is 0 Å². The van der Waals surface area contributed by atoms with Gasteiger partial charge in [-0.25, -0.2) is 19.4 Å². The average molecular weight is 485 g/mol. The van der Waals surface area contributed by atoms with Gasteiger partial charge in [-0.3, -0.25) is 0 Å². The van der Waals surface area contributed by atoms with Crippen molar-refractivity contribution in [2.75, 3.05) is 0 Å². The van der Waals surface area contributed by atoms with E-state index >= 15 is 0 Å². The molecule has 0 radical (unpaired) electrons. The maximum Gasteiger partial charge on any atom is 0.420 e. The third-order valence-electron chi connectivity index (χ3n) is 6.72. The standard InChI is InChI=1S/C28H52O6/c1-11-12-13-17-27(10,21-26(8,9)20-19-25(5,6)7)22(29)31-32-23(30)28(33-34-28)18-15-14-16-24(2,3)4/h11-21H2,1-10H3. The van der Waals surface area contributed by atoms with Gasteiger partial charge in [0.25, 0.3) is 0 Å². The summed E-state index contributed by atoms with van der Waals surface area (Å²) in [6, 6.07) is 0. The third kappa shape index (κ3) is 11.5. The minimum atomic E-state index is -1.43. The van der Waals surface area contributed by atoms with E-state index in [9.17, 15) is 9.59 Å². The molecule has 1 aliphatic heterocycles. The molecule has 1 rings (SSSR count). The van der Waals surface area contributed by atoms with Gasteiger partial charge in [0.15, 0.2) is 0 Å². The fourth-order valence-electron chi connectivity index (χ4n) is 4.44. The molecule has 0 aromatic carbocycles. The molecule has 0 spiro atoms. The van der Waals surface area contributed by atoms with E-state index in [4.69, 9.17) is 19.6 Å². The Morgan fingerprint density at radius 2 is 1.26 bits per heavy atom. The summed E-state index contributed by atoms with van der Waals surface area (Å²) in [6.07, 6.45) is 9.61. The van der Waals surface area contributed by atoms with Crippen LogP contribution in [0.2, 0.25) is 0 Å². The SMILES string of the molecule is CCCCCC(C)(CC(C)(C)CCC(C)(C)C)C(=O)OOC(=O)C1(CCCCC(C)(C)C)OO1. The topological polar surface area (TPSA) is 77.7 Å². The first kappa shape index (κ1) is 30.9. The van der Waals surface area contributed by atoms with Crippen LogP contribution in [0, 0.1) is 21.7 Å². The molecular formula is C28H52O6. The fourth-order valence-corrected chi connectivity index (χ4v) is 4.44. The highest BCUT2D eigenvalue weighted by Gasteiger charge is 2.59. The van der Waals surface area contributed by atoms with Gasteiger partial charge in [-0.05, 0) is 61.7 Å². The molecule has 1 saturated heterocycles. The van der Waals surface area contributed by atoms with Crippen molar-refractivity contribution in [2.45, 2.75) is 146 Å². The van der Waals surface area contributed by atoms with Crippen molar-refractivity contribution in [2.24, 2.45) is 21.7 Å². The van der Waals surface area contributed by atoms with Crippen LogP contribution >= 0.6 is 0 Å². The van der Waals surface area contributed by atoms with Crippen LogP contribution in [0.1, 0.15) is 140 Å². The first-order valence-electron chi connectivity index (χ1n) is 13.2. The van der Waals surface area contributed by atoms with Crippen molar-refractivity contribution in [3.8, 4) is 0 Å². The van der Waals surface area contributed by atoms with Gasteiger partial charge < -0.3 is 0 Å². The Morgan fingerprint density at radius 1 is 0.706 bits per heavy atom. The Hall–Kier alpha value is -1.14. The lowest BCUT2D eigenvalue weighted by atomic mass is 9.68. The molecule has 1 unspecified atom stereocenters. The van der Waals surface area contributed by atoms with Crippen molar-refractivity contribution in [3.63, 3.8) is 0 Å². The van der Waals surface area contributed by atoms with Crippen LogP contribution in [0.25, 0.3) is 0 Å². The lowest BCUT2D eigenvalue weighted by molar-refractivity contribution is -0.271. The molecule has 6 heteroatoms. The molecule has 1 aliphatic rings. The molecule has 0 aromatic rings. The maximum absolute atomic E-state index is 13.2.